The number of rotatable bonds is 3. The second kappa shape index (κ2) is 5.41. The molecule has 0 aliphatic heterocycles. The van der Waals surface area contributed by atoms with E-state index in [4.69, 9.17) is 17.3 Å². The van der Waals surface area contributed by atoms with Crippen molar-refractivity contribution in [2.75, 3.05) is 0 Å². The van der Waals surface area contributed by atoms with Crippen molar-refractivity contribution in [3.63, 3.8) is 0 Å². The third-order valence-corrected chi connectivity index (χ3v) is 4.27. The molecule has 1 aliphatic carbocycles. The fourth-order valence-corrected chi connectivity index (χ4v) is 3.04. The van der Waals surface area contributed by atoms with Crippen LogP contribution in [0.25, 0.3) is 0 Å². The van der Waals surface area contributed by atoms with Gasteiger partial charge in [-0.05, 0) is 30.4 Å². The highest BCUT2D eigenvalue weighted by atomic mass is 35.5. The molecule has 0 heterocycles. The van der Waals surface area contributed by atoms with Gasteiger partial charge in [0.05, 0.1) is 5.54 Å². The monoisotopic (exact) mass is 265 g/mol. The Morgan fingerprint density at radius 2 is 2.22 bits per heavy atom. The van der Waals surface area contributed by atoms with Gasteiger partial charge in [-0.1, -0.05) is 49.6 Å². The molecule has 1 aliphatic rings. The van der Waals surface area contributed by atoms with Crippen LogP contribution in [-0.4, -0.2) is 11.3 Å². The third-order valence-electron chi connectivity index (χ3n) is 3.90. The zero-order valence-corrected chi connectivity index (χ0v) is 11.5. The Balaban J connectivity index is 2.10. The van der Waals surface area contributed by atoms with Crippen LogP contribution < -0.4 is 5.73 Å². The molecule has 2 rings (SSSR count). The zero-order chi connectivity index (χ0) is 13.2. The molecule has 18 heavy (non-hydrogen) atoms. The van der Waals surface area contributed by atoms with Gasteiger partial charge in [-0.2, -0.15) is 0 Å². The maximum Gasteiger partial charge on any atom is 0.157 e. The SMILES string of the molecule is CC1CCCC(N)(C(=O)Cc2ccccc2Cl)C1. The lowest BCUT2D eigenvalue weighted by Gasteiger charge is -2.35. The number of Topliss-reactive ketones (excluding diaryl/α,β-unsaturated/α-hetero) is 1. The maximum atomic E-state index is 12.4. The molecule has 1 aromatic carbocycles. The summed E-state index contributed by atoms with van der Waals surface area (Å²) in [7, 11) is 0. The topological polar surface area (TPSA) is 43.1 Å². The number of hydrogen-bond acceptors (Lipinski definition) is 2. The van der Waals surface area contributed by atoms with Gasteiger partial charge in [-0.15, -0.1) is 0 Å². The number of nitrogens with two attached hydrogens (primary N) is 1. The second-order valence-corrected chi connectivity index (χ2v) is 5.96. The highest BCUT2D eigenvalue weighted by Crippen LogP contribution is 2.32. The molecule has 2 unspecified atom stereocenters. The summed E-state index contributed by atoms with van der Waals surface area (Å²) in [5.41, 5.74) is 6.54. The standard InChI is InChI=1S/C15H20ClNO/c1-11-5-4-8-15(17,10-11)14(18)9-12-6-2-3-7-13(12)16/h2-3,6-7,11H,4-5,8-10,17H2,1H3. The Bertz CT molecular complexity index is 446. The molecule has 0 saturated heterocycles. The van der Waals surface area contributed by atoms with Gasteiger partial charge in [-0.25, -0.2) is 0 Å². The summed E-state index contributed by atoms with van der Waals surface area (Å²) in [6.45, 7) is 2.17. The van der Waals surface area contributed by atoms with Gasteiger partial charge in [0.2, 0.25) is 0 Å². The highest BCUT2D eigenvalue weighted by molar-refractivity contribution is 6.31. The highest BCUT2D eigenvalue weighted by Gasteiger charge is 2.37. The average molecular weight is 266 g/mol. The van der Waals surface area contributed by atoms with E-state index in [-0.39, 0.29) is 5.78 Å². The van der Waals surface area contributed by atoms with Gasteiger partial charge in [0, 0.05) is 11.4 Å². The van der Waals surface area contributed by atoms with Crippen LogP contribution in [0, 0.1) is 5.92 Å². The number of benzene rings is 1. The molecule has 2 N–H and O–H groups in total. The largest absolute Gasteiger partial charge is 0.319 e. The number of carbonyl (C=O) groups is 1. The van der Waals surface area contributed by atoms with Crippen molar-refractivity contribution in [3.05, 3.63) is 34.9 Å². The Labute approximate surface area is 114 Å². The Hall–Kier alpha value is -0.860. The molecule has 2 atom stereocenters. The van der Waals surface area contributed by atoms with Gasteiger partial charge < -0.3 is 5.73 Å². The summed E-state index contributed by atoms with van der Waals surface area (Å²) in [5.74, 6) is 0.668. The molecule has 0 radical (unpaired) electrons. The first-order chi connectivity index (χ1) is 8.51. The van der Waals surface area contributed by atoms with Gasteiger partial charge in [0.15, 0.2) is 5.78 Å². The van der Waals surface area contributed by atoms with Crippen LogP contribution >= 0.6 is 11.6 Å². The Morgan fingerprint density at radius 3 is 2.89 bits per heavy atom. The molecule has 0 bridgehead atoms. The molecule has 1 fully saturated rings. The van der Waals surface area contributed by atoms with Crippen molar-refractivity contribution in [1.82, 2.24) is 0 Å². The van der Waals surface area contributed by atoms with Crippen molar-refractivity contribution in [2.45, 2.75) is 44.6 Å². The Kier molecular flexibility index (Phi) is 4.08. The minimum Gasteiger partial charge on any atom is -0.319 e. The van der Waals surface area contributed by atoms with E-state index in [2.05, 4.69) is 6.92 Å². The van der Waals surface area contributed by atoms with Crippen LogP contribution in [0.2, 0.25) is 5.02 Å². The van der Waals surface area contributed by atoms with Gasteiger partial charge >= 0.3 is 0 Å². The van der Waals surface area contributed by atoms with E-state index in [9.17, 15) is 4.79 Å². The van der Waals surface area contributed by atoms with Gasteiger partial charge in [0.1, 0.15) is 0 Å². The van der Waals surface area contributed by atoms with E-state index < -0.39 is 5.54 Å². The summed E-state index contributed by atoms with van der Waals surface area (Å²) in [6.07, 6.45) is 4.18. The summed E-state index contributed by atoms with van der Waals surface area (Å²) in [4.78, 5) is 12.4. The van der Waals surface area contributed by atoms with E-state index in [1.165, 1.54) is 6.42 Å². The van der Waals surface area contributed by atoms with E-state index >= 15 is 0 Å². The van der Waals surface area contributed by atoms with Crippen LogP contribution in [-0.2, 0) is 11.2 Å². The smallest absolute Gasteiger partial charge is 0.157 e. The van der Waals surface area contributed by atoms with Gasteiger partial charge in [-0.3, -0.25) is 4.79 Å². The molecular formula is C15H20ClNO. The summed E-state index contributed by atoms with van der Waals surface area (Å²) in [6, 6.07) is 7.49. The number of carbonyl (C=O) groups excluding carboxylic acids is 1. The zero-order valence-electron chi connectivity index (χ0n) is 10.8. The average Bonchev–Trinajstić information content (AvgIpc) is 2.31. The minimum absolute atomic E-state index is 0.127. The molecular weight excluding hydrogens is 246 g/mol. The van der Waals surface area contributed by atoms with Crippen molar-refractivity contribution in [1.29, 1.82) is 0 Å². The first-order valence-electron chi connectivity index (χ1n) is 6.57. The molecule has 3 heteroatoms. The molecule has 0 amide bonds. The lowest BCUT2D eigenvalue weighted by Crippen LogP contribution is -2.51. The summed E-state index contributed by atoms with van der Waals surface area (Å²) in [5, 5.41) is 0.651. The predicted octanol–water partition coefficient (Wildman–Crippen LogP) is 3.36. The quantitative estimate of drug-likeness (QED) is 0.911. The van der Waals surface area contributed by atoms with E-state index in [1.54, 1.807) is 0 Å². The van der Waals surface area contributed by atoms with Crippen molar-refractivity contribution in [2.24, 2.45) is 11.7 Å². The molecule has 98 valence electrons. The molecule has 0 spiro atoms. The fourth-order valence-electron chi connectivity index (χ4n) is 2.84. The summed E-state index contributed by atoms with van der Waals surface area (Å²) >= 11 is 6.09. The molecule has 1 aromatic rings. The molecule has 1 saturated carbocycles. The Morgan fingerprint density at radius 1 is 1.50 bits per heavy atom. The van der Waals surface area contributed by atoms with Crippen LogP contribution in [0.5, 0.6) is 0 Å². The predicted molar refractivity (Wildman–Crippen MR) is 74.7 cm³/mol. The maximum absolute atomic E-state index is 12.4. The second-order valence-electron chi connectivity index (χ2n) is 5.55. The molecule has 2 nitrogen and oxygen atoms in total. The normalized spacial score (nSPS) is 28.1. The van der Waals surface area contributed by atoms with Crippen molar-refractivity contribution in [3.8, 4) is 0 Å². The van der Waals surface area contributed by atoms with Crippen LogP contribution in [0.3, 0.4) is 0 Å². The lowest BCUT2D eigenvalue weighted by atomic mass is 9.73. The minimum atomic E-state index is -0.642. The first-order valence-corrected chi connectivity index (χ1v) is 6.95. The third kappa shape index (κ3) is 2.93. The number of halogens is 1. The fraction of sp³-hybridized carbons (Fsp3) is 0.533. The number of hydrogen-bond donors (Lipinski definition) is 1. The van der Waals surface area contributed by atoms with Crippen molar-refractivity contribution >= 4 is 17.4 Å². The van der Waals surface area contributed by atoms with E-state index in [0.29, 0.717) is 17.4 Å². The van der Waals surface area contributed by atoms with E-state index in [1.807, 2.05) is 24.3 Å². The summed E-state index contributed by atoms with van der Waals surface area (Å²) < 4.78 is 0. The molecule has 0 aromatic heterocycles. The van der Waals surface area contributed by atoms with E-state index in [0.717, 1.165) is 24.8 Å². The van der Waals surface area contributed by atoms with Crippen LogP contribution in [0.4, 0.5) is 0 Å². The first kappa shape index (κ1) is 13.6. The van der Waals surface area contributed by atoms with Gasteiger partial charge in [0.25, 0.3) is 0 Å². The van der Waals surface area contributed by atoms with Crippen LogP contribution in [0.15, 0.2) is 24.3 Å². The van der Waals surface area contributed by atoms with Crippen molar-refractivity contribution < 1.29 is 4.79 Å². The number of ketones is 1. The lowest BCUT2D eigenvalue weighted by molar-refractivity contribution is -0.125. The van der Waals surface area contributed by atoms with Crippen LogP contribution in [0.1, 0.15) is 38.2 Å².